The SMILES string of the molecule is N#CC1(c2cnc3[nH]c(=S)sc3c2)CCC1. The van der Waals surface area contributed by atoms with Gasteiger partial charge >= 0.3 is 0 Å². The van der Waals surface area contributed by atoms with Crippen molar-refractivity contribution in [3.63, 3.8) is 0 Å². The fourth-order valence-electron chi connectivity index (χ4n) is 2.10. The van der Waals surface area contributed by atoms with E-state index in [9.17, 15) is 5.26 Å². The topological polar surface area (TPSA) is 52.5 Å². The number of hydrogen-bond acceptors (Lipinski definition) is 4. The molecule has 0 spiro atoms. The molecule has 1 N–H and O–H groups in total. The van der Waals surface area contributed by atoms with Crippen LogP contribution in [0.2, 0.25) is 0 Å². The van der Waals surface area contributed by atoms with E-state index in [1.807, 2.05) is 6.20 Å². The number of pyridine rings is 1. The van der Waals surface area contributed by atoms with Gasteiger partial charge in [0.15, 0.2) is 3.95 Å². The predicted molar refractivity (Wildman–Crippen MR) is 65.9 cm³/mol. The Morgan fingerprint density at radius 1 is 1.56 bits per heavy atom. The van der Waals surface area contributed by atoms with E-state index in [0.29, 0.717) is 0 Å². The minimum atomic E-state index is -0.285. The minimum Gasteiger partial charge on any atom is -0.322 e. The Kier molecular flexibility index (Phi) is 2.09. The van der Waals surface area contributed by atoms with Crippen LogP contribution >= 0.6 is 23.6 Å². The number of aromatic amines is 1. The maximum Gasteiger partial charge on any atom is 0.160 e. The Balaban J connectivity index is 2.18. The zero-order valence-corrected chi connectivity index (χ0v) is 10.1. The molecule has 1 saturated carbocycles. The second-order valence-electron chi connectivity index (χ2n) is 4.13. The van der Waals surface area contributed by atoms with E-state index in [4.69, 9.17) is 12.2 Å². The first kappa shape index (κ1) is 9.94. The van der Waals surface area contributed by atoms with Crippen LogP contribution in [-0.2, 0) is 5.41 Å². The molecule has 2 heterocycles. The van der Waals surface area contributed by atoms with Crippen LogP contribution in [0.3, 0.4) is 0 Å². The van der Waals surface area contributed by atoms with Gasteiger partial charge in [0, 0.05) is 6.20 Å². The van der Waals surface area contributed by atoms with Crippen molar-refractivity contribution in [1.82, 2.24) is 9.97 Å². The van der Waals surface area contributed by atoms with Gasteiger partial charge in [0.25, 0.3) is 0 Å². The summed E-state index contributed by atoms with van der Waals surface area (Å²) in [4.78, 5) is 7.37. The molecule has 3 nitrogen and oxygen atoms in total. The van der Waals surface area contributed by atoms with Gasteiger partial charge in [-0.05, 0) is 43.1 Å². The van der Waals surface area contributed by atoms with Crippen molar-refractivity contribution in [2.75, 3.05) is 0 Å². The van der Waals surface area contributed by atoms with Crippen LogP contribution < -0.4 is 0 Å². The predicted octanol–water partition coefficient (Wildman–Crippen LogP) is 3.30. The molecule has 2 aromatic rings. The van der Waals surface area contributed by atoms with E-state index in [1.165, 1.54) is 11.3 Å². The number of nitriles is 1. The van der Waals surface area contributed by atoms with Crippen LogP contribution in [0.1, 0.15) is 24.8 Å². The van der Waals surface area contributed by atoms with Gasteiger partial charge < -0.3 is 4.98 Å². The number of aromatic nitrogens is 2. The summed E-state index contributed by atoms with van der Waals surface area (Å²) < 4.78 is 1.78. The average Bonchev–Trinajstić information content (AvgIpc) is 2.56. The van der Waals surface area contributed by atoms with Crippen LogP contribution in [-0.4, -0.2) is 9.97 Å². The first-order valence-corrected chi connectivity index (χ1v) is 6.37. The van der Waals surface area contributed by atoms with Crippen LogP contribution in [0.15, 0.2) is 12.3 Å². The molecule has 0 saturated heterocycles. The molecule has 80 valence electrons. The van der Waals surface area contributed by atoms with Gasteiger partial charge in [-0.25, -0.2) is 4.98 Å². The van der Waals surface area contributed by atoms with Crippen molar-refractivity contribution in [2.45, 2.75) is 24.7 Å². The zero-order valence-electron chi connectivity index (χ0n) is 8.49. The molecule has 0 aromatic carbocycles. The monoisotopic (exact) mass is 247 g/mol. The maximum absolute atomic E-state index is 9.26. The summed E-state index contributed by atoms with van der Waals surface area (Å²) in [7, 11) is 0. The molecule has 0 unspecified atom stereocenters. The second-order valence-corrected chi connectivity index (χ2v) is 5.85. The van der Waals surface area contributed by atoms with Crippen molar-refractivity contribution in [1.29, 1.82) is 5.26 Å². The Labute approximate surface area is 102 Å². The molecule has 5 heteroatoms. The minimum absolute atomic E-state index is 0.285. The molecule has 1 aliphatic carbocycles. The van der Waals surface area contributed by atoms with E-state index in [-0.39, 0.29) is 5.41 Å². The average molecular weight is 247 g/mol. The third-order valence-corrected chi connectivity index (χ3v) is 4.42. The second kappa shape index (κ2) is 3.37. The molecule has 0 bridgehead atoms. The third kappa shape index (κ3) is 1.30. The molecule has 1 aliphatic rings. The standard InChI is InChI=1S/C11H9N3S2/c12-6-11(2-1-3-11)7-4-8-9(13-5-7)14-10(15)16-8/h4-5H,1-3H2,(H,13,14,15). The number of hydrogen-bond donors (Lipinski definition) is 1. The van der Waals surface area contributed by atoms with E-state index in [0.717, 1.165) is 39.1 Å². The highest BCUT2D eigenvalue weighted by Gasteiger charge is 2.39. The van der Waals surface area contributed by atoms with Gasteiger partial charge in [-0.1, -0.05) is 0 Å². The number of nitrogens with one attached hydrogen (secondary N) is 1. The van der Waals surface area contributed by atoms with E-state index >= 15 is 0 Å². The molecule has 0 aliphatic heterocycles. The first-order chi connectivity index (χ1) is 7.73. The maximum atomic E-state index is 9.26. The van der Waals surface area contributed by atoms with Crippen LogP contribution in [0.5, 0.6) is 0 Å². The summed E-state index contributed by atoms with van der Waals surface area (Å²) in [5.41, 5.74) is 1.58. The normalized spacial score (nSPS) is 17.9. The Morgan fingerprint density at radius 3 is 3.00 bits per heavy atom. The number of thiazole rings is 1. The van der Waals surface area contributed by atoms with Gasteiger partial charge in [0.2, 0.25) is 0 Å². The van der Waals surface area contributed by atoms with E-state index < -0.39 is 0 Å². The van der Waals surface area contributed by atoms with Gasteiger partial charge in [-0.3, -0.25) is 0 Å². The molecule has 2 aromatic heterocycles. The molecule has 1 fully saturated rings. The molecule has 0 atom stereocenters. The number of nitrogens with zero attached hydrogens (tertiary/aromatic N) is 2. The highest BCUT2D eigenvalue weighted by atomic mass is 32.1. The lowest BCUT2D eigenvalue weighted by atomic mass is 9.66. The van der Waals surface area contributed by atoms with Crippen molar-refractivity contribution < 1.29 is 0 Å². The highest BCUT2D eigenvalue weighted by molar-refractivity contribution is 7.73. The van der Waals surface area contributed by atoms with Crippen LogP contribution in [0.4, 0.5) is 0 Å². The summed E-state index contributed by atoms with van der Waals surface area (Å²) in [6.07, 6.45) is 4.84. The Hall–Kier alpha value is -1.25. The van der Waals surface area contributed by atoms with Gasteiger partial charge in [-0.2, -0.15) is 5.26 Å². The Bertz CT molecular complexity index is 643. The Morgan fingerprint density at radius 2 is 2.38 bits per heavy atom. The number of rotatable bonds is 1. The molecule has 0 amide bonds. The lowest BCUT2D eigenvalue weighted by Crippen LogP contribution is -2.32. The van der Waals surface area contributed by atoms with Crippen molar-refractivity contribution in [3.05, 3.63) is 21.8 Å². The van der Waals surface area contributed by atoms with Crippen molar-refractivity contribution >= 4 is 33.9 Å². The highest BCUT2D eigenvalue weighted by Crippen LogP contribution is 2.43. The third-order valence-electron chi connectivity index (χ3n) is 3.25. The molecule has 0 radical (unpaired) electrons. The van der Waals surface area contributed by atoms with E-state index in [1.54, 1.807) is 0 Å². The summed E-state index contributed by atoms with van der Waals surface area (Å²) in [6, 6.07) is 4.49. The van der Waals surface area contributed by atoms with Crippen molar-refractivity contribution in [3.8, 4) is 6.07 Å². The summed E-state index contributed by atoms with van der Waals surface area (Å²) in [5.74, 6) is 0. The molecule has 16 heavy (non-hydrogen) atoms. The molecule has 3 rings (SSSR count). The smallest absolute Gasteiger partial charge is 0.160 e. The van der Waals surface area contributed by atoms with Gasteiger partial charge in [0.05, 0.1) is 16.2 Å². The molecular formula is C11H9N3S2. The quantitative estimate of drug-likeness (QED) is 0.787. The lowest BCUT2D eigenvalue weighted by Gasteiger charge is -2.35. The molecular weight excluding hydrogens is 238 g/mol. The van der Waals surface area contributed by atoms with E-state index in [2.05, 4.69) is 22.1 Å². The first-order valence-electron chi connectivity index (χ1n) is 5.14. The van der Waals surface area contributed by atoms with Gasteiger partial charge in [0.1, 0.15) is 5.65 Å². The fourth-order valence-corrected chi connectivity index (χ4v) is 3.20. The largest absolute Gasteiger partial charge is 0.322 e. The van der Waals surface area contributed by atoms with Crippen molar-refractivity contribution in [2.24, 2.45) is 0 Å². The lowest BCUT2D eigenvalue weighted by molar-refractivity contribution is 0.323. The number of fused-ring (bicyclic) bond motifs is 1. The fraction of sp³-hybridized carbons (Fsp3) is 0.364. The summed E-state index contributed by atoms with van der Waals surface area (Å²) in [5, 5.41) is 9.26. The van der Waals surface area contributed by atoms with Crippen LogP contribution in [0.25, 0.3) is 10.3 Å². The summed E-state index contributed by atoms with van der Waals surface area (Å²) >= 11 is 6.59. The number of H-pyrrole nitrogens is 1. The van der Waals surface area contributed by atoms with Gasteiger partial charge in [-0.15, -0.1) is 11.3 Å². The summed E-state index contributed by atoms with van der Waals surface area (Å²) in [6.45, 7) is 0. The zero-order chi connectivity index (χ0) is 11.2. The van der Waals surface area contributed by atoms with Crippen LogP contribution in [0, 0.1) is 15.3 Å².